The van der Waals surface area contributed by atoms with Gasteiger partial charge in [0.05, 0.1) is 18.3 Å². The first-order valence-corrected chi connectivity index (χ1v) is 7.11. The van der Waals surface area contributed by atoms with Gasteiger partial charge < -0.3 is 9.84 Å². The van der Waals surface area contributed by atoms with Gasteiger partial charge in [0.1, 0.15) is 5.75 Å². The van der Waals surface area contributed by atoms with Crippen molar-refractivity contribution in [2.45, 2.75) is 38.0 Å². The van der Waals surface area contributed by atoms with Gasteiger partial charge in [-0.3, -0.25) is 0 Å². The highest BCUT2D eigenvalue weighted by atomic mass is 19.4. The van der Waals surface area contributed by atoms with Gasteiger partial charge in [-0.1, -0.05) is 24.6 Å². The molecule has 0 aromatic heterocycles. The van der Waals surface area contributed by atoms with Gasteiger partial charge in [0.25, 0.3) is 0 Å². The molecule has 1 aliphatic carbocycles. The van der Waals surface area contributed by atoms with Crippen molar-refractivity contribution in [1.29, 1.82) is 0 Å². The Labute approximate surface area is 122 Å². The molecule has 1 aliphatic rings. The van der Waals surface area contributed by atoms with E-state index in [1.165, 1.54) is 12.1 Å². The number of ether oxygens (including phenoxy) is 1. The lowest BCUT2D eigenvalue weighted by Gasteiger charge is -2.10. The Morgan fingerprint density at radius 1 is 1.29 bits per heavy atom. The first-order chi connectivity index (χ1) is 9.97. The molecule has 1 N–H and O–H groups in total. The molecule has 0 saturated heterocycles. The van der Waals surface area contributed by atoms with Gasteiger partial charge >= 0.3 is 6.18 Å². The summed E-state index contributed by atoms with van der Waals surface area (Å²) >= 11 is 0. The van der Waals surface area contributed by atoms with E-state index in [1.54, 1.807) is 0 Å². The molecule has 0 spiro atoms. The van der Waals surface area contributed by atoms with Crippen LogP contribution in [0.25, 0.3) is 0 Å². The van der Waals surface area contributed by atoms with E-state index >= 15 is 0 Å². The SMILES string of the molecule is O[C@@H]1CCC[C@H]1/C=C/CCOc1cccc(C(F)(F)F)c1. The number of aliphatic hydroxyl groups is 1. The maximum atomic E-state index is 12.5. The fourth-order valence-corrected chi connectivity index (χ4v) is 2.47. The maximum Gasteiger partial charge on any atom is 0.416 e. The Bertz CT molecular complexity index is 483. The molecule has 0 amide bonds. The summed E-state index contributed by atoms with van der Waals surface area (Å²) in [5.74, 6) is 0.428. The van der Waals surface area contributed by atoms with Crippen LogP contribution >= 0.6 is 0 Å². The molecular formula is C16H19F3O2. The average molecular weight is 300 g/mol. The molecule has 0 unspecified atom stereocenters. The lowest BCUT2D eigenvalue weighted by molar-refractivity contribution is -0.137. The van der Waals surface area contributed by atoms with Crippen LogP contribution in [0.4, 0.5) is 13.2 Å². The van der Waals surface area contributed by atoms with Gasteiger partial charge in [0.2, 0.25) is 0 Å². The van der Waals surface area contributed by atoms with E-state index in [0.29, 0.717) is 13.0 Å². The third-order valence-corrected chi connectivity index (χ3v) is 3.63. The normalized spacial score (nSPS) is 22.9. The summed E-state index contributed by atoms with van der Waals surface area (Å²) in [5, 5.41) is 9.64. The summed E-state index contributed by atoms with van der Waals surface area (Å²) in [6.07, 6.45) is 2.78. The standard InChI is InChI=1S/C16H19F3O2/c17-16(18,19)13-7-4-8-14(11-13)21-10-2-1-5-12-6-3-9-15(12)20/h1,4-5,7-8,11-12,15,20H,2-3,6,9-10H2/b5-1+/t12-,15-/m1/s1. The van der Waals surface area contributed by atoms with Crippen LogP contribution in [0.1, 0.15) is 31.2 Å². The molecule has 0 aliphatic heterocycles. The first kappa shape index (κ1) is 15.9. The van der Waals surface area contributed by atoms with Crippen molar-refractivity contribution < 1.29 is 23.0 Å². The predicted molar refractivity (Wildman–Crippen MR) is 74.0 cm³/mol. The average Bonchev–Trinajstić information content (AvgIpc) is 2.83. The molecule has 1 aromatic carbocycles. The third kappa shape index (κ3) is 4.77. The summed E-state index contributed by atoms with van der Waals surface area (Å²) in [7, 11) is 0. The van der Waals surface area contributed by atoms with Crippen molar-refractivity contribution in [3.05, 3.63) is 42.0 Å². The number of aliphatic hydroxyl groups excluding tert-OH is 1. The lowest BCUT2D eigenvalue weighted by atomic mass is 10.1. The van der Waals surface area contributed by atoms with Gasteiger partial charge in [0, 0.05) is 5.92 Å². The Hall–Kier alpha value is -1.49. The Kier molecular flexibility index (Phi) is 5.28. The van der Waals surface area contributed by atoms with Crippen LogP contribution < -0.4 is 4.74 Å². The zero-order valence-corrected chi connectivity index (χ0v) is 11.6. The van der Waals surface area contributed by atoms with E-state index in [2.05, 4.69) is 0 Å². The van der Waals surface area contributed by atoms with Gasteiger partial charge in [0.15, 0.2) is 0 Å². The van der Waals surface area contributed by atoms with Gasteiger partial charge in [-0.2, -0.15) is 13.2 Å². The molecule has 0 heterocycles. The second kappa shape index (κ2) is 6.98. The topological polar surface area (TPSA) is 29.5 Å². The monoisotopic (exact) mass is 300 g/mol. The van der Waals surface area contributed by atoms with Crippen LogP contribution in [0.15, 0.2) is 36.4 Å². The molecule has 1 fully saturated rings. The quantitative estimate of drug-likeness (QED) is 0.652. The number of hydrogen-bond donors (Lipinski definition) is 1. The number of hydrogen-bond acceptors (Lipinski definition) is 2. The molecule has 2 nitrogen and oxygen atoms in total. The molecule has 21 heavy (non-hydrogen) atoms. The van der Waals surface area contributed by atoms with Crippen molar-refractivity contribution in [2.24, 2.45) is 5.92 Å². The van der Waals surface area contributed by atoms with Gasteiger partial charge in [-0.15, -0.1) is 0 Å². The van der Waals surface area contributed by atoms with E-state index in [4.69, 9.17) is 4.74 Å². The van der Waals surface area contributed by atoms with Crippen LogP contribution in [0.3, 0.4) is 0 Å². The predicted octanol–water partition coefficient (Wildman–Crippen LogP) is 4.19. The molecule has 2 atom stereocenters. The van der Waals surface area contributed by atoms with E-state index in [9.17, 15) is 18.3 Å². The molecule has 1 saturated carbocycles. The fraction of sp³-hybridized carbons (Fsp3) is 0.500. The summed E-state index contributed by atoms with van der Waals surface area (Å²) in [5.41, 5.74) is -0.704. The second-order valence-corrected chi connectivity index (χ2v) is 5.25. The molecule has 2 rings (SSSR count). The molecule has 5 heteroatoms. The minimum atomic E-state index is -4.35. The van der Waals surface area contributed by atoms with E-state index in [0.717, 1.165) is 31.4 Å². The molecule has 0 bridgehead atoms. The van der Waals surface area contributed by atoms with Crippen molar-refractivity contribution in [3.63, 3.8) is 0 Å². The van der Waals surface area contributed by atoms with Crippen LogP contribution in [-0.2, 0) is 6.18 Å². The summed E-state index contributed by atoms with van der Waals surface area (Å²) in [6.45, 7) is 0.320. The summed E-state index contributed by atoms with van der Waals surface area (Å²) < 4.78 is 42.9. The van der Waals surface area contributed by atoms with Crippen LogP contribution in [0.5, 0.6) is 5.75 Å². The Morgan fingerprint density at radius 3 is 2.76 bits per heavy atom. The van der Waals surface area contributed by atoms with Crippen LogP contribution in [-0.4, -0.2) is 17.8 Å². The van der Waals surface area contributed by atoms with Crippen molar-refractivity contribution in [3.8, 4) is 5.75 Å². The van der Waals surface area contributed by atoms with Gasteiger partial charge in [-0.05, 0) is 37.5 Å². The maximum absolute atomic E-state index is 12.5. The summed E-state index contributed by atoms with van der Waals surface area (Å²) in [4.78, 5) is 0. The van der Waals surface area contributed by atoms with Crippen LogP contribution in [0.2, 0.25) is 0 Å². The second-order valence-electron chi connectivity index (χ2n) is 5.25. The summed E-state index contributed by atoms with van der Waals surface area (Å²) in [6, 6.07) is 4.88. The molecular weight excluding hydrogens is 281 g/mol. The number of alkyl halides is 3. The first-order valence-electron chi connectivity index (χ1n) is 7.11. The highest BCUT2D eigenvalue weighted by Crippen LogP contribution is 2.31. The van der Waals surface area contributed by atoms with Crippen molar-refractivity contribution in [1.82, 2.24) is 0 Å². The Balaban J connectivity index is 1.77. The molecule has 1 aromatic rings. The van der Waals surface area contributed by atoms with Crippen molar-refractivity contribution in [2.75, 3.05) is 6.61 Å². The smallest absolute Gasteiger partial charge is 0.416 e. The van der Waals surface area contributed by atoms with Gasteiger partial charge in [-0.25, -0.2) is 0 Å². The van der Waals surface area contributed by atoms with Crippen LogP contribution in [0, 0.1) is 5.92 Å². The minimum absolute atomic E-state index is 0.207. The minimum Gasteiger partial charge on any atom is -0.493 e. The third-order valence-electron chi connectivity index (χ3n) is 3.63. The molecule has 0 radical (unpaired) electrons. The van der Waals surface area contributed by atoms with E-state index < -0.39 is 11.7 Å². The highest BCUT2D eigenvalue weighted by Gasteiger charge is 2.30. The largest absolute Gasteiger partial charge is 0.493 e. The zero-order chi connectivity index (χ0) is 15.3. The molecule has 116 valence electrons. The highest BCUT2D eigenvalue weighted by molar-refractivity contribution is 5.30. The Morgan fingerprint density at radius 2 is 2.10 bits per heavy atom. The number of rotatable bonds is 5. The fourth-order valence-electron chi connectivity index (χ4n) is 2.47. The van der Waals surface area contributed by atoms with Crippen molar-refractivity contribution >= 4 is 0 Å². The lowest BCUT2D eigenvalue weighted by Crippen LogP contribution is -2.10. The van der Waals surface area contributed by atoms with E-state index in [-0.39, 0.29) is 17.8 Å². The number of halogens is 3. The zero-order valence-electron chi connectivity index (χ0n) is 11.6. The number of benzene rings is 1. The van der Waals surface area contributed by atoms with E-state index in [1.807, 2.05) is 12.2 Å².